The zero-order valence-corrected chi connectivity index (χ0v) is 10.4. The molecular formula is C11H14O8. The molecule has 0 bridgehead atoms. The van der Waals surface area contributed by atoms with Crippen molar-refractivity contribution in [2.75, 3.05) is 14.2 Å². The second-order valence-electron chi connectivity index (χ2n) is 2.86. The van der Waals surface area contributed by atoms with E-state index in [1.807, 2.05) is 0 Å². The molecule has 0 fully saturated rings. The van der Waals surface area contributed by atoms with Gasteiger partial charge in [-0.05, 0) is 0 Å². The first kappa shape index (κ1) is 18.7. The fourth-order valence-electron chi connectivity index (χ4n) is 0.606. The molecule has 0 amide bonds. The highest BCUT2D eigenvalue weighted by Gasteiger charge is 2.09. The van der Waals surface area contributed by atoms with Gasteiger partial charge in [0.05, 0.1) is 20.6 Å². The maximum absolute atomic E-state index is 10.5. The van der Waals surface area contributed by atoms with Gasteiger partial charge in [-0.2, -0.15) is 0 Å². The molecule has 0 spiro atoms. The Kier molecular flexibility index (Phi) is 10.4. The first-order valence-corrected chi connectivity index (χ1v) is 4.71. The van der Waals surface area contributed by atoms with Gasteiger partial charge in [-0.3, -0.25) is 4.79 Å². The number of carboxylic acid groups (broad SMARTS) is 2. The van der Waals surface area contributed by atoms with Crippen LogP contribution >= 0.6 is 0 Å². The molecule has 0 aliphatic heterocycles. The number of carbonyl (C=O) groups is 4. The van der Waals surface area contributed by atoms with Crippen LogP contribution in [0.15, 0.2) is 24.3 Å². The summed E-state index contributed by atoms with van der Waals surface area (Å²) in [4.78, 5) is 40.3. The van der Waals surface area contributed by atoms with E-state index in [4.69, 9.17) is 10.2 Å². The molecule has 0 saturated heterocycles. The number of hydrogen-bond acceptors (Lipinski definition) is 6. The highest BCUT2D eigenvalue weighted by molar-refractivity contribution is 5.92. The van der Waals surface area contributed by atoms with Crippen molar-refractivity contribution in [3.05, 3.63) is 24.3 Å². The monoisotopic (exact) mass is 274 g/mol. The summed E-state index contributed by atoms with van der Waals surface area (Å²) in [6.07, 6.45) is 1.18. The third kappa shape index (κ3) is 13.3. The maximum Gasteiger partial charge on any atom is 0.333 e. The quantitative estimate of drug-likeness (QED) is 0.529. The molecule has 8 heteroatoms. The zero-order chi connectivity index (χ0) is 15.4. The Labute approximate surface area is 108 Å². The molecule has 0 aromatic rings. The second-order valence-corrected chi connectivity index (χ2v) is 2.86. The van der Waals surface area contributed by atoms with E-state index in [2.05, 4.69) is 16.1 Å². The maximum atomic E-state index is 10.5. The number of methoxy groups -OCH3 is 2. The molecule has 0 aliphatic carbocycles. The number of esters is 2. The molecule has 0 saturated carbocycles. The van der Waals surface area contributed by atoms with Crippen LogP contribution in [0.5, 0.6) is 0 Å². The Morgan fingerprint density at radius 1 is 1.05 bits per heavy atom. The van der Waals surface area contributed by atoms with Crippen LogP contribution in [0.25, 0.3) is 0 Å². The first-order valence-electron chi connectivity index (χ1n) is 4.71. The van der Waals surface area contributed by atoms with Crippen LogP contribution in [-0.4, -0.2) is 48.3 Å². The van der Waals surface area contributed by atoms with E-state index in [-0.39, 0.29) is 12.0 Å². The SMILES string of the molecule is C=C(CC(=O)O)C(=O)OC.COC(=O)C=CC(=O)O. The van der Waals surface area contributed by atoms with Crippen molar-refractivity contribution in [3.63, 3.8) is 0 Å². The van der Waals surface area contributed by atoms with Gasteiger partial charge in [-0.15, -0.1) is 0 Å². The van der Waals surface area contributed by atoms with Crippen LogP contribution in [0.1, 0.15) is 6.42 Å². The number of rotatable bonds is 5. The average Bonchev–Trinajstić information content (AvgIpc) is 2.34. The summed E-state index contributed by atoms with van der Waals surface area (Å²) in [5, 5.41) is 16.1. The smallest absolute Gasteiger partial charge is 0.333 e. The molecule has 0 unspecified atom stereocenters. The van der Waals surface area contributed by atoms with Crippen LogP contribution in [0, 0.1) is 0 Å². The molecule has 19 heavy (non-hydrogen) atoms. The van der Waals surface area contributed by atoms with Crippen molar-refractivity contribution in [1.29, 1.82) is 0 Å². The third-order valence-corrected chi connectivity index (χ3v) is 1.40. The summed E-state index contributed by atoms with van der Waals surface area (Å²) in [6, 6.07) is 0. The second kappa shape index (κ2) is 10.5. The molecule has 0 atom stereocenters. The Morgan fingerprint density at radius 2 is 1.58 bits per heavy atom. The summed E-state index contributed by atoms with van der Waals surface area (Å²) in [7, 11) is 2.35. The predicted molar refractivity (Wildman–Crippen MR) is 62.2 cm³/mol. The minimum atomic E-state index is -1.17. The van der Waals surface area contributed by atoms with Crippen molar-refractivity contribution in [2.45, 2.75) is 6.42 Å². The number of carbonyl (C=O) groups excluding carboxylic acids is 2. The molecular weight excluding hydrogens is 260 g/mol. The van der Waals surface area contributed by atoms with E-state index in [0.717, 1.165) is 6.08 Å². The van der Waals surface area contributed by atoms with Gasteiger partial charge in [-0.25, -0.2) is 14.4 Å². The molecule has 0 heterocycles. The zero-order valence-electron chi connectivity index (χ0n) is 10.4. The summed E-state index contributed by atoms with van der Waals surface area (Å²) >= 11 is 0. The van der Waals surface area contributed by atoms with Crippen molar-refractivity contribution in [1.82, 2.24) is 0 Å². The molecule has 0 rings (SSSR count). The van der Waals surface area contributed by atoms with Crippen LogP contribution in [-0.2, 0) is 28.7 Å². The highest BCUT2D eigenvalue weighted by Crippen LogP contribution is 1.98. The van der Waals surface area contributed by atoms with E-state index in [0.29, 0.717) is 6.08 Å². The van der Waals surface area contributed by atoms with Gasteiger partial charge >= 0.3 is 23.9 Å². The summed E-state index contributed by atoms with van der Waals surface area (Å²) in [5.74, 6) is -3.60. The van der Waals surface area contributed by atoms with Crippen molar-refractivity contribution in [2.24, 2.45) is 0 Å². The third-order valence-electron chi connectivity index (χ3n) is 1.40. The van der Waals surface area contributed by atoms with Crippen molar-refractivity contribution in [3.8, 4) is 0 Å². The lowest BCUT2D eigenvalue weighted by Crippen LogP contribution is -2.07. The van der Waals surface area contributed by atoms with Crippen molar-refractivity contribution < 1.29 is 38.9 Å². The fourth-order valence-corrected chi connectivity index (χ4v) is 0.606. The van der Waals surface area contributed by atoms with Gasteiger partial charge < -0.3 is 19.7 Å². The molecule has 0 aromatic carbocycles. The van der Waals surface area contributed by atoms with Crippen LogP contribution in [0.2, 0.25) is 0 Å². The molecule has 0 aromatic heterocycles. The van der Waals surface area contributed by atoms with E-state index in [1.54, 1.807) is 0 Å². The number of hydrogen-bond donors (Lipinski definition) is 2. The summed E-state index contributed by atoms with van der Waals surface area (Å²) < 4.78 is 8.32. The number of carboxylic acids is 2. The standard InChI is InChI=1S/C6H8O4.C5H6O4/c1-4(3-5(7)8)6(9)10-2;1-9-5(8)3-2-4(6)7/h1,3H2,2H3,(H,7,8);2-3H,1H3,(H,6,7). The minimum absolute atomic E-state index is 0.0463. The normalized spacial score (nSPS) is 8.95. The van der Waals surface area contributed by atoms with Crippen LogP contribution < -0.4 is 0 Å². The summed E-state index contributed by atoms with van der Waals surface area (Å²) in [5.41, 5.74) is -0.0463. The fraction of sp³-hybridized carbons (Fsp3) is 0.273. The predicted octanol–water partition coefficient (Wildman–Crippen LogP) is -0.00950. The highest BCUT2D eigenvalue weighted by atomic mass is 16.5. The first-order chi connectivity index (χ1) is 8.74. The topological polar surface area (TPSA) is 127 Å². The molecule has 0 radical (unpaired) electrons. The van der Waals surface area contributed by atoms with Gasteiger partial charge in [0.1, 0.15) is 0 Å². The number of ether oxygens (including phenoxy) is 2. The lowest BCUT2D eigenvalue weighted by Gasteiger charge is -1.97. The molecule has 0 aliphatic rings. The van der Waals surface area contributed by atoms with E-state index >= 15 is 0 Å². The van der Waals surface area contributed by atoms with Crippen LogP contribution in [0.4, 0.5) is 0 Å². The van der Waals surface area contributed by atoms with E-state index in [1.165, 1.54) is 14.2 Å². The molecule has 8 nitrogen and oxygen atoms in total. The average molecular weight is 274 g/mol. The van der Waals surface area contributed by atoms with Crippen molar-refractivity contribution >= 4 is 23.9 Å². The minimum Gasteiger partial charge on any atom is -0.481 e. The largest absolute Gasteiger partial charge is 0.481 e. The van der Waals surface area contributed by atoms with Crippen LogP contribution in [0.3, 0.4) is 0 Å². The lowest BCUT2D eigenvalue weighted by molar-refractivity contribution is -0.141. The Balaban J connectivity index is 0. The molecule has 106 valence electrons. The Bertz CT molecular complexity index is 393. The van der Waals surface area contributed by atoms with Gasteiger partial charge in [0.25, 0.3) is 0 Å². The van der Waals surface area contributed by atoms with E-state index in [9.17, 15) is 19.2 Å². The van der Waals surface area contributed by atoms with E-state index < -0.39 is 23.9 Å². The summed E-state index contributed by atoms with van der Waals surface area (Å²) in [6.45, 7) is 3.21. The molecule has 2 N–H and O–H groups in total. The van der Waals surface area contributed by atoms with Gasteiger partial charge in [0, 0.05) is 17.7 Å². The van der Waals surface area contributed by atoms with Gasteiger partial charge in [0.2, 0.25) is 0 Å². The lowest BCUT2D eigenvalue weighted by atomic mass is 10.2. The van der Waals surface area contributed by atoms with Gasteiger partial charge in [0.15, 0.2) is 0 Å². The Morgan fingerprint density at radius 3 is 1.89 bits per heavy atom. The van der Waals surface area contributed by atoms with Gasteiger partial charge in [-0.1, -0.05) is 6.58 Å². The Hall–Kier alpha value is -2.64. The number of aliphatic carboxylic acids is 2.